The molecule has 3 N–H and O–H groups in total. The smallest absolute Gasteiger partial charge is 0.344 e. The molecule has 5 aliphatic heterocycles. The lowest BCUT2D eigenvalue weighted by atomic mass is 9.47. The molecule has 9 rings (SSSR count). The van der Waals surface area contributed by atoms with E-state index in [1.54, 1.807) is 7.11 Å². The second kappa shape index (κ2) is 13.6. The zero-order valence-corrected chi connectivity index (χ0v) is 34.6. The fourth-order valence-electron chi connectivity index (χ4n) is 13.2. The van der Waals surface area contributed by atoms with Gasteiger partial charge in [0.25, 0.3) is 0 Å². The van der Waals surface area contributed by atoms with Gasteiger partial charge in [-0.15, -0.1) is 0 Å². The van der Waals surface area contributed by atoms with Gasteiger partial charge in [0.15, 0.2) is 6.10 Å². The fraction of sp³-hybridized carbons (Fsp3) is 0.578. The number of benzene rings is 2. The highest BCUT2D eigenvalue weighted by Crippen LogP contribution is 2.68. The van der Waals surface area contributed by atoms with Crippen LogP contribution in [0.1, 0.15) is 67.5 Å². The molecule has 13 nitrogen and oxygen atoms in total. The van der Waals surface area contributed by atoms with Crippen molar-refractivity contribution < 1.29 is 43.5 Å². The molecule has 1 aliphatic carbocycles. The number of aliphatic hydroxyl groups is 2. The van der Waals surface area contributed by atoms with Crippen LogP contribution in [0, 0.1) is 18.3 Å². The monoisotopic (exact) mass is 796 g/mol. The second-order valence-corrected chi connectivity index (χ2v) is 17.8. The van der Waals surface area contributed by atoms with Crippen LogP contribution in [0.4, 0.5) is 5.69 Å². The summed E-state index contributed by atoms with van der Waals surface area (Å²) in [6.07, 6.45) is 4.84. The number of H-pyrrole nitrogens is 1. The Balaban J connectivity index is 1.37. The van der Waals surface area contributed by atoms with Crippen molar-refractivity contribution in [1.82, 2.24) is 14.8 Å². The third-order valence-electron chi connectivity index (χ3n) is 15.1. The Morgan fingerprint density at radius 1 is 1.00 bits per heavy atom. The highest BCUT2D eigenvalue weighted by Gasteiger charge is 2.80. The predicted molar refractivity (Wildman–Crippen MR) is 216 cm³/mol. The molecule has 3 fully saturated rings. The van der Waals surface area contributed by atoms with Crippen molar-refractivity contribution in [1.29, 1.82) is 0 Å². The first-order valence-corrected chi connectivity index (χ1v) is 20.7. The van der Waals surface area contributed by atoms with Crippen LogP contribution in [0.15, 0.2) is 42.5 Å². The highest BCUT2D eigenvalue weighted by atomic mass is 16.6. The summed E-state index contributed by atoms with van der Waals surface area (Å²) in [6.45, 7) is 8.70. The lowest BCUT2D eigenvalue weighted by Crippen LogP contribution is -2.81. The number of aromatic amines is 1. The number of aryl methyl sites for hydroxylation is 1. The molecule has 10 atom stereocenters. The molecular weight excluding hydrogens is 741 g/mol. The van der Waals surface area contributed by atoms with E-state index in [2.05, 4.69) is 58.1 Å². The van der Waals surface area contributed by atoms with Crippen LogP contribution in [-0.4, -0.2) is 134 Å². The van der Waals surface area contributed by atoms with Gasteiger partial charge in [0.05, 0.1) is 33.5 Å². The van der Waals surface area contributed by atoms with Crippen molar-refractivity contribution in [3.63, 3.8) is 0 Å². The topological polar surface area (TPSA) is 154 Å². The predicted octanol–water partition coefficient (Wildman–Crippen LogP) is 3.52. The van der Waals surface area contributed by atoms with Gasteiger partial charge in [-0.2, -0.15) is 0 Å². The van der Waals surface area contributed by atoms with Gasteiger partial charge in [0.2, 0.25) is 5.60 Å². The van der Waals surface area contributed by atoms with Gasteiger partial charge in [0, 0.05) is 90.9 Å². The average molecular weight is 797 g/mol. The molecule has 2 aromatic carbocycles. The molecule has 0 radical (unpaired) electrons. The number of aromatic nitrogens is 1. The summed E-state index contributed by atoms with van der Waals surface area (Å²) >= 11 is 0. The third kappa shape index (κ3) is 4.99. The maximum absolute atomic E-state index is 15.2. The number of aliphatic hydroxyl groups excluding tert-OH is 1. The number of ether oxygens (including phenoxy) is 4. The number of carbonyl (C=O) groups excluding carboxylic acids is 3. The zero-order chi connectivity index (χ0) is 41.1. The summed E-state index contributed by atoms with van der Waals surface area (Å²) in [4.78, 5) is 53.0. The number of piperidine rings is 1. The van der Waals surface area contributed by atoms with Crippen LogP contribution in [0.5, 0.6) is 5.75 Å². The van der Waals surface area contributed by atoms with E-state index in [0.717, 1.165) is 45.5 Å². The molecule has 2 saturated heterocycles. The fourth-order valence-corrected chi connectivity index (χ4v) is 13.2. The van der Waals surface area contributed by atoms with Crippen molar-refractivity contribution in [3.05, 3.63) is 70.4 Å². The van der Waals surface area contributed by atoms with E-state index in [9.17, 15) is 19.8 Å². The first kappa shape index (κ1) is 39.1. The molecule has 310 valence electrons. The van der Waals surface area contributed by atoms with Crippen molar-refractivity contribution >= 4 is 34.5 Å². The van der Waals surface area contributed by atoms with Crippen molar-refractivity contribution in [2.24, 2.45) is 11.3 Å². The number of likely N-dealkylation sites (N-methyl/N-ethyl adjacent to an activating group) is 1. The quantitative estimate of drug-likeness (QED) is 0.190. The first-order valence-electron chi connectivity index (χ1n) is 20.7. The molecular formula is C45H56N4O9. The number of rotatable bonds is 6. The van der Waals surface area contributed by atoms with E-state index in [0.29, 0.717) is 69.6 Å². The molecule has 6 aliphatic rings. The van der Waals surface area contributed by atoms with Gasteiger partial charge < -0.3 is 43.9 Å². The zero-order valence-electron chi connectivity index (χ0n) is 34.6. The Morgan fingerprint density at radius 3 is 2.48 bits per heavy atom. The molecule has 0 amide bonds. The van der Waals surface area contributed by atoms with E-state index in [4.69, 9.17) is 18.9 Å². The van der Waals surface area contributed by atoms with Crippen LogP contribution in [0.25, 0.3) is 10.9 Å². The minimum atomic E-state index is -2.30. The maximum Gasteiger partial charge on any atom is 0.344 e. The minimum absolute atomic E-state index is 0.0738. The highest BCUT2D eigenvalue weighted by molar-refractivity contribution is 5.95. The molecule has 1 spiro atoms. The molecule has 1 unspecified atom stereocenters. The summed E-state index contributed by atoms with van der Waals surface area (Å²) in [7, 11) is 6.14. The summed E-state index contributed by atoms with van der Waals surface area (Å²) in [5, 5.41) is 25.6. The number of esters is 3. The lowest BCUT2D eigenvalue weighted by molar-refractivity contribution is -0.228. The molecule has 58 heavy (non-hydrogen) atoms. The minimum Gasteiger partial charge on any atom is -0.496 e. The second-order valence-electron chi connectivity index (χ2n) is 17.8. The number of nitrogens with one attached hydrogen (secondary N) is 1. The number of carbonyl (C=O) groups is 3. The van der Waals surface area contributed by atoms with Gasteiger partial charge in [-0.3, -0.25) is 14.5 Å². The Morgan fingerprint density at radius 2 is 1.78 bits per heavy atom. The lowest BCUT2D eigenvalue weighted by Gasteiger charge is -2.63. The Kier molecular flexibility index (Phi) is 9.12. The normalized spacial score (nSPS) is 36.1. The molecule has 3 aromatic rings. The Labute approximate surface area is 339 Å². The van der Waals surface area contributed by atoms with E-state index >= 15 is 4.79 Å². The third-order valence-corrected chi connectivity index (χ3v) is 15.1. The van der Waals surface area contributed by atoms with Crippen LogP contribution in [-0.2, 0) is 45.8 Å². The molecule has 1 aromatic heterocycles. The SMILES string of the molecule is CC[C@]12C=CCN3CC[C@@]4(c5cc([C@@]6(C(=O)OC)C[C@H]7C[C@H](O)CN(CCc8c6[nH]c6ccc(C)cc86)C7)c(OC)cc5N(C)[C@H]4[C@@](O)(C(=O)OC)[C@@H]1OC(C)=O)[C@@H]32. The van der Waals surface area contributed by atoms with Gasteiger partial charge in [-0.25, -0.2) is 4.79 Å². The number of nitrogens with zero attached hydrogens (tertiary/aromatic N) is 3. The number of hydrogen-bond acceptors (Lipinski definition) is 12. The van der Waals surface area contributed by atoms with Gasteiger partial charge in [-0.05, 0) is 80.8 Å². The van der Waals surface area contributed by atoms with Crippen LogP contribution >= 0.6 is 0 Å². The number of hydrogen-bond donors (Lipinski definition) is 3. The summed E-state index contributed by atoms with van der Waals surface area (Å²) < 4.78 is 23.9. The van der Waals surface area contributed by atoms with E-state index in [1.807, 2.05) is 24.9 Å². The summed E-state index contributed by atoms with van der Waals surface area (Å²) in [5.74, 6) is -1.54. The maximum atomic E-state index is 15.2. The number of methoxy groups -OCH3 is 3. The van der Waals surface area contributed by atoms with Gasteiger partial charge in [0.1, 0.15) is 11.2 Å². The molecule has 13 heteroatoms. The summed E-state index contributed by atoms with van der Waals surface area (Å²) in [6, 6.07) is 9.12. The van der Waals surface area contributed by atoms with E-state index in [-0.39, 0.29) is 12.0 Å². The molecule has 2 bridgehead atoms. The standard InChI is InChI=1S/C45H56N4O9/c1-8-42-13-9-15-49-17-14-43(37(42)49)31-20-32(35(55-5)21-34(31)47(4)38(43)45(54,41(53)57-7)39(42)58-26(3)50)44(40(52)56-6)22-27-19-28(51)24-48(23-27)16-12-29-30-18-25(2)10-11-33(30)46-36(29)44/h9-11,13,18,20-21,27-28,37-39,46,51,54H,8,12,14-17,19,22-24H2,1-7H3/t27-,28+,37+,38-,39-,42-,43-,44+,45+/m1/s1. The van der Waals surface area contributed by atoms with Crippen molar-refractivity contribution in [3.8, 4) is 5.75 Å². The Bertz CT molecular complexity index is 2240. The number of anilines is 1. The van der Waals surface area contributed by atoms with Crippen LogP contribution < -0.4 is 9.64 Å². The number of fused-ring (bicyclic) bond motifs is 6. The van der Waals surface area contributed by atoms with E-state index < -0.39 is 58.0 Å². The molecule has 6 heterocycles. The van der Waals surface area contributed by atoms with Crippen LogP contribution in [0.3, 0.4) is 0 Å². The van der Waals surface area contributed by atoms with Crippen molar-refractivity contribution in [2.75, 3.05) is 66.0 Å². The van der Waals surface area contributed by atoms with Gasteiger partial charge >= 0.3 is 17.9 Å². The van der Waals surface area contributed by atoms with E-state index in [1.165, 1.54) is 21.1 Å². The molecule has 1 saturated carbocycles. The Hall–Kier alpha value is -4.43. The average Bonchev–Trinajstić information content (AvgIpc) is 3.86. The largest absolute Gasteiger partial charge is 0.496 e. The summed E-state index contributed by atoms with van der Waals surface area (Å²) in [5.41, 5.74) is 0.446. The first-order chi connectivity index (χ1) is 27.7. The van der Waals surface area contributed by atoms with Crippen LogP contribution in [0.2, 0.25) is 0 Å². The van der Waals surface area contributed by atoms with Gasteiger partial charge in [-0.1, -0.05) is 30.7 Å². The van der Waals surface area contributed by atoms with Crippen molar-refractivity contribution in [2.45, 2.75) is 93.6 Å².